The Kier molecular flexibility index (Phi) is 4.20. The fourth-order valence-corrected chi connectivity index (χ4v) is 2.87. The number of nitrogens with zero attached hydrogens (tertiary/aromatic N) is 2. The lowest BCUT2D eigenvalue weighted by Crippen LogP contribution is -2.52. The van der Waals surface area contributed by atoms with Crippen LogP contribution in [0.4, 0.5) is 0 Å². The maximum absolute atomic E-state index is 12.3. The third-order valence-electron chi connectivity index (χ3n) is 4.10. The zero-order valence-electron chi connectivity index (χ0n) is 12.0. The van der Waals surface area contributed by atoms with Crippen LogP contribution in [0.15, 0.2) is 30.3 Å². The Hall–Kier alpha value is -1.88. The lowest BCUT2D eigenvalue weighted by molar-refractivity contribution is -0.142. The van der Waals surface area contributed by atoms with E-state index in [-0.39, 0.29) is 17.9 Å². The molecule has 2 amide bonds. The summed E-state index contributed by atoms with van der Waals surface area (Å²) in [4.78, 5) is 28.2. The molecular formula is C16H20N2O3. The smallest absolute Gasteiger partial charge is 0.253 e. The molecule has 5 heteroatoms. The summed E-state index contributed by atoms with van der Waals surface area (Å²) in [6.07, 6.45) is 1.52. The quantitative estimate of drug-likeness (QED) is 0.820. The number of carbonyl (C=O) groups is 2. The predicted molar refractivity (Wildman–Crippen MR) is 77.9 cm³/mol. The summed E-state index contributed by atoms with van der Waals surface area (Å²) >= 11 is 0. The number of ether oxygens (including phenoxy) is 1. The van der Waals surface area contributed by atoms with Crippen LogP contribution in [0, 0.1) is 0 Å². The van der Waals surface area contributed by atoms with E-state index >= 15 is 0 Å². The highest BCUT2D eigenvalue weighted by Crippen LogP contribution is 2.16. The van der Waals surface area contributed by atoms with Crippen molar-refractivity contribution in [1.29, 1.82) is 0 Å². The van der Waals surface area contributed by atoms with Crippen molar-refractivity contribution in [2.75, 3.05) is 32.8 Å². The number of carbonyl (C=O) groups excluding carboxylic acids is 2. The lowest BCUT2D eigenvalue weighted by Gasteiger charge is -2.35. The molecule has 0 spiro atoms. The first-order valence-electron chi connectivity index (χ1n) is 7.50. The van der Waals surface area contributed by atoms with Gasteiger partial charge in [0, 0.05) is 38.3 Å². The molecule has 0 bridgehead atoms. The van der Waals surface area contributed by atoms with E-state index in [1.807, 2.05) is 40.1 Å². The molecule has 0 radical (unpaired) electrons. The van der Waals surface area contributed by atoms with E-state index in [9.17, 15) is 9.59 Å². The van der Waals surface area contributed by atoms with Crippen LogP contribution in [0.1, 0.15) is 23.2 Å². The summed E-state index contributed by atoms with van der Waals surface area (Å²) in [6.45, 7) is 3.05. The first kappa shape index (κ1) is 14.1. The molecule has 0 aromatic heterocycles. The van der Waals surface area contributed by atoms with Crippen molar-refractivity contribution in [3.05, 3.63) is 35.9 Å². The second kappa shape index (κ2) is 6.26. The largest absolute Gasteiger partial charge is 0.368 e. The molecule has 2 saturated heterocycles. The second-order valence-electron chi connectivity index (χ2n) is 5.49. The summed E-state index contributed by atoms with van der Waals surface area (Å²) in [6, 6.07) is 9.28. The van der Waals surface area contributed by atoms with Crippen molar-refractivity contribution < 1.29 is 14.3 Å². The van der Waals surface area contributed by atoms with Crippen LogP contribution in [-0.4, -0.2) is 60.5 Å². The minimum Gasteiger partial charge on any atom is -0.368 e. The third kappa shape index (κ3) is 3.08. The summed E-state index contributed by atoms with van der Waals surface area (Å²) in [5.41, 5.74) is 0.705. The second-order valence-corrected chi connectivity index (χ2v) is 5.49. The molecule has 1 aromatic carbocycles. The maximum Gasteiger partial charge on any atom is 0.253 e. The van der Waals surface area contributed by atoms with Crippen molar-refractivity contribution in [2.24, 2.45) is 0 Å². The van der Waals surface area contributed by atoms with Crippen LogP contribution in [0.2, 0.25) is 0 Å². The Bertz CT molecular complexity index is 504. The van der Waals surface area contributed by atoms with E-state index in [1.165, 1.54) is 0 Å². The lowest BCUT2D eigenvalue weighted by atomic mass is 10.1. The van der Waals surface area contributed by atoms with Crippen LogP contribution in [0.3, 0.4) is 0 Å². The van der Waals surface area contributed by atoms with Gasteiger partial charge in [0.2, 0.25) is 0 Å². The van der Waals surface area contributed by atoms with Gasteiger partial charge in [-0.3, -0.25) is 9.59 Å². The molecule has 2 aliphatic rings. The van der Waals surface area contributed by atoms with Gasteiger partial charge in [0.05, 0.1) is 0 Å². The van der Waals surface area contributed by atoms with E-state index in [2.05, 4.69) is 0 Å². The van der Waals surface area contributed by atoms with Gasteiger partial charge in [0.25, 0.3) is 11.8 Å². The van der Waals surface area contributed by atoms with Gasteiger partial charge in [0.15, 0.2) is 0 Å². The topological polar surface area (TPSA) is 49.9 Å². The van der Waals surface area contributed by atoms with Gasteiger partial charge in [-0.2, -0.15) is 0 Å². The Morgan fingerprint density at radius 3 is 2.29 bits per heavy atom. The number of piperazine rings is 1. The number of benzene rings is 1. The van der Waals surface area contributed by atoms with Crippen molar-refractivity contribution in [2.45, 2.75) is 18.9 Å². The zero-order valence-corrected chi connectivity index (χ0v) is 12.0. The fourth-order valence-electron chi connectivity index (χ4n) is 2.87. The van der Waals surface area contributed by atoms with Crippen LogP contribution in [0.5, 0.6) is 0 Å². The Labute approximate surface area is 124 Å². The van der Waals surface area contributed by atoms with Crippen molar-refractivity contribution in [3.63, 3.8) is 0 Å². The predicted octanol–water partition coefficient (Wildman–Crippen LogP) is 1.15. The van der Waals surface area contributed by atoms with Crippen molar-refractivity contribution in [3.8, 4) is 0 Å². The standard InChI is InChI=1S/C16H20N2O3/c19-15(13-5-2-1-3-6-13)17-8-10-18(11-9-17)16(20)14-7-4-12-21-14/h1-3,5-6,14H,4,7-12H2/t14-/m1/s1. The molecule has 2 heterocycles. The molecule has 0 aliphatic carbocycles. The van der Waals surface area contributed by atoms with Crippen LogP contribution in [0.25, 0.3) is 0 Å². The molecule has 0 unspecified atom stereocenters. The first-order valence-corrected chi connectivity index (χ1v) is 7.50. The molecule has 0 N–H and O–H groups in total. The SMILES string of the molecule is O=C(c1ccccc1)N1CCN(C(=O)[C@H]2CCCO2)CC1. The van der Waals surface area contributed by atoms with E-state index in [1.54, 1.807) is 0 Å². The fraction of sp³-hybridized carbons (Fsp3) is 0.500. The number of amides is 2. The first-order chi connectivity index (χ1) is 10.3. The van der Waals surface area contributed by atoms with Gasteiger partial charge >= 0.3 is 0 Å². The highest BCUT2D eigenvalue weighted by atomic mass is 16.5. The minimum absolute atomic E-state index is 0.0415. The van der Waals surface area contributed by atoms with Gasteiger partial charge < -0.3 is 14.5 Å². The summed E-state index contributed by atoms with van der Waals surface area (Å²) < 4.78 is 5.44. The minimum atomic E-state index is -0.263. The number of rotatable bonds is 2. The Morgan fingerprint density at radius 2 is 1.67 bits per heavy atom. The highest BCUT2D eigenvalue weighted by molar-refractivity contribution is 5.94. The molecule has 112 valence electrons. The average Bonchev–Trinajstić information content (AvgIpc) is 3.09. The van der Waals surface area contributed by atoms with E-state index in [0.717, 1.165) is 12.8 Å². The monoisotopic (exact) mass is 288 g/mol. The average molecular weight is 288 g/mol. The summed E-state index contributed by atoms with van der Waals surface area (Å²) in [7, 11) is 0. The molecular weight excluding hydrogens is 268 g/mol. The molecule has 21 heavy (non-hydrogen) atoms. The molecule has 1 atom stereocenters. The molecule has 3 rings (SSSR count). The van der Waals surface area contributed by atoms with Crippen LogP contribution >= 0.6 is 0 Å². The number of hydrogen-bond donors (Lipinski definition) is 0. The van der Waals surface area contributed by atoms with E-state index < -0.39 is 0 Å². The van der Waals surface area contributed by atoms with E-state index in [4.69, 9.17) is 4.74 Å². The molecule has 5 nitrogen and oxygen atoms in total. The third-order valence-corrected chi connectivity index (χ3v) is 4.10. The maximum atomic E-state index is 12.3. The van der Waals surface area contributed by atoms with Crippen molar-refractivity contribution >= 4 is 11.8 Å². The Balaban J connectivity index is 1.55. The molecule has 2 aliphatic heterocycles. The normalized spacial score (nSPS) is 22.4. The van der Waals surface area contributed by atoms with Crippen molar-refractivity contribution in [1.82, 2.24) is 9.80 Å². The molecule has 1 aromatic rings. The molecule has 0 saturated carbocycles. The summed E-state index contributed by atoms with van der Waals surface area (Å²) in [5, 5.41) is 0. The molecule has 2 fully saturated rings. The van der Waals surface area contributed by atoms with Gasteiger partial charge in [-0.1, -0.05) is 18.2 Å². The van der Waals surface area contributed by atoms with Crippen LogP contribution in [-0.2, 0) is 9.53 Å². The zero-order chi connectivity index (χ0) is 14.7. The van der Waals surface area contributed by atoms with Gasteiger partial charge in [-0.05, 0) is 25.0 Å². The summed E-state index contributed by atoms with van der Waals surface area (Å²) in [5.74, 6) is 0.124. The van der Waals surface area contributed by atoms with Gasteiger partial charge in [-0.25, -0.2) is 0 Å². The van der Waals surface area contributed by atoms with Gasteiger partial charge in [-0.15, -0.1) is 0 Å². The number of hydrogen-bond acceptors (Lipinski definition) is 3. The highest BCUT2D eigenvalue weighted by Gasteiger charge is 2.31. The Morgan fingerprint density at radius 1 is 1.00 bits per heavy atom. The van der Waals surface area contributed by atoms with E-state index in [0.29, 0.717) is 38.3 Å². The van der Waals surface area contributed by atoms with Gasteiger partial charge in [0.1, 0.15) is 6.10 Å². The van der Waals surface area contributed by atoms with Crippen LogP contribution < -0.4 is 0 Å².